The van der Waals surface area contributed by atoms with E-state index in [1.165, 1.54) is 6.42 Å². The number of hydrogen-bond donors (Lipinski definition) is 1. The van der Waals surface area contributed by atoms with Gasteiger partial charge in [-0.3, -0.25) is 5.43 Å². The lowest BCUT2D eigenvalue weighted by Gasteiger charge is -2.14. The molecule has 1 saturated carbocycles. The summed E-state index contributed by atoms with van der Waals surface area (Å²) >= 11 is 0. The van der Waals surface area contributed by atoms with E-state index >= 15 is 0 Å². The second kappa shape index (κ2) is 6.77. The fraction of sp³-hybridized carbons (Fsp3) is 0.316. The Hall–Kier alpha value is -2.14. The SMILES string of the molecule is CC(C)c1ccc(S(=O)(=O)c2ccc(NN=C3CCC3)cc2)cc1. The molecule has 1 aliphatic rings. The first-order chi connectivity index (χ1) is 11.5. The van der Waals surface area contributed by atoms with Crippen LogP contribution in [0.5, 0.6) is 0 Å². The molecule has 24 heavy (non-hydrogen) atoms. The van der Waals surface area contributed by atoms with Crippen molar-refractivity contribution >= 4 is 21.2 Å². The number of hydrogen-bond acceptors (Lipinski definition) is 4. The molecule has 0 atom stereocenters. The van der Waals surface area contributed by atoms with Crippen LogP contribution in [0.25, 0.3) is 0 Å². The maximum Gasteiger partial charge on any atom is 0.206 e. The minimum atomic E-state index is -3.49. The molecule has 4 nitrogen and oxygen atoms in total. The largest absolute Gasteiger partial charge is 0.279 e. The molecule has 0 aromatic heterocycles. The zero-order chi connectivity index (χ0) is 17.2. The molecule has 1 N–H and O–H groups in total. The van der Waals surface area contributed by atoms with Crippen molar-refractivity contribution in [1.82, 2.24) is 0 Å². The van der Waals surface area contributed by atoms with Crippen LogP contribution in [0.3, 0.4) is 0 Å². The molecule has 2 aromatic rings. The molecule has 0 unspecified atom stereocenters. The molecule has 0 amide bonds. The van der Waals surface area contributed by atoms with Crippen molar-refractivity contribution in [2.24, 2.45) is 5.10 Å². The number of benzene rings is 2. The molecule has 0 bridgehead atoms. The van der Waals surface area contributed by atoms with E-state index in [-0.39, 0.29) is 0 Å². The number of anilines is 1. The summed E-state index contributed by atoms with van der Waals surface area (Å²) in [7, 11) is -3.49. The van der Waals surface area contributed by atoms with Crippen LogP contribution in [0.15, 0.2) is 63.4 Å². The highest BCUT2D eigenvalue weighted by Gasteiger charge is 2.17. The van der Waals surface area contributed by atoms with Crippen molar-refractivity contribution in [3.05, 3.63) is 54.1 Å². The van der Waals surface area contributed by atoms with E-state index in [0.29, 0.717) is 15.7 Å². The summed E-state index contributed by atoms with van der Waals surface area (Å²) in [5, 5.41) is 4.29. The van der Waals surface area contributed by atoms with Gasteiger partial charge in [0.05, 0.1) is 15.5 Å². The van der Waals surface area contributed by atoms with E-state index in [4.69, 9.17) is 0 Å². The minimum Gasteiger partial charge on any atom is -0.279 e. The fourth-order valence-corrected chi connectivity index (χ4v) is 3.73. The summed E-state index contributed by atoms with van der Waals surface area (Å²) in [6.45, 7) is 4.17. The quantitative estimate of drug-likeness (QED) is 0.808. The maximum atomic E-state index is 12.7. The Morgan fingerprint density at radius 3 is 1.92 bits per heavy atom. The zero-order valence-electron chi connectivity index (χ0n) is 14.0. The smallest absolute Gasteiger partial charge is 0.206 e. The molecular weight excluding hydrogens is 320 g/mol. The Morgan fingerprint density at radius 1 is 0.917 bits per heavy atom. The standard InChI is InChI=1S/C19H22N2O2S/c1-14(2)15-6-10-18(11-7-15)24(22,23)19-12-8-17(9-13-19)21-20-16-4-3-5-16/h6-14,21H,3-5H2,1-2H3. The monoisotopic (exact) mass is 342 g/mol. The first-order valence-electron chi connectivity index (χ1n) is 8.23. The van der Waals surface area contributed by atoms with E-state index in [1.807, 2.05) is 12.1 Å². The molecule has 0 spiro atoms. The topological polar surface area (TPSA) is 58.5 Å². The molecule has 126 valence electrons. The molecule has 1 aliphatic carbocycles. The summed E-state index contributed by atoms with van der Waals surface area (Å²) in [5.74, 6) is 0.379. The third-order valence-electron chi connectivity index (χ3n) is 4.30. The van der Waals surface area contributed by atoms with Gasteiger partial charge in [0.1, 0.15) is 0 Å². The van der Waals surface area contributed by atoms with Crippen molar-refractivity contribution in [2.75, 3.05) is 5.43 Å². The van der Waals surface area contributed by atoms with Crippen molar-refractivity contribution in [1.29, 1.82) is 0 Å². The second-order valence-corrected chi connectivity index (χ2v) is 8.34. The lowest BCUT2D eigenvalue weighted by atomic mass is 9.98. The average molecular weight is 342 g/mol. The van der Waals surface area contributed by atoms with Crippen LogP contribution in [-0.2, 0) is 9.84 Å². The number of nitrogens with one attached hydrogen (secondary N) is 1. The van der Waals surface area contributed by atoms with Crippen LogP contribution in [0, 0.1) is 0 Å². The van der Waals surface area contributed by atoms with E-state index in [9.17, 15) is 8.42 Å². The molecular formula is C19H22N2O2S. The Kier molecular flexibility index (Phi) is 4.71. The zero-order valence-corrected chi connectivity index (χ0v) is 14.8. The maximum absolute atomic E-state index is 12.7. The van der Waals surface area contributed by atoms with Crippen LogP contribution < -0.4 is 5.43 Å². The van der Waals surface area contributed by atoms with Gasteiger partial charge in [-0.1, -0.05) is 26.0 Å². The number of sulfone groups is 1. The van der Waals surface area contributed by atoms with Crippen molar-refractivity contribution < 1.29 is 8.42 Å². The van der Waals surface area contributed by atoms with Gasteiger partial charge >= 0.3 is 0 Å². The summed E-state index contributed by atoms with van der Waals surface area (Å²) < 4.78 is 25.4. The van der Waals surface area contributed by atoms with Crippen LogP contribution >= 0.6 is 0 Å². The van der Waals surface area contributed by atoms with Gasteiger partial charge in [0.25, 0.3) is 0 Å². The Morgan fingerprint density at radius 2 is 1.46 bits per heavy atom. The highest BCUT2D eigenvalue weighted by atomic mass is 32.2. The Labute approximate surface area is 143 Å². The van der Waals surface area contributed by atoms with Gasteiger partial charge in [-0.2, -0.15) is 5.10 Å². The lowest BCUT2D eigenvalue weighted by molar-refractivity contribution is 0.596. The van der Waals surface area contributed by atoms with Gasteiger partial charge in [-0.15, -0.1) is 0 Å². The predicted molar refractivity (Wildman–Crippen MR) is 97.3 cm³/mol. The number of nitrogens with zero attached hydrogens (tertiary/aromatic N) is 1. The van der Waals surface area contributed by atoms with Gasteiger partial charge in [0.2, 0.25) is 9.84 Å². The third kappa shape index (κ3) is 3.51. The first-order valence-corrected chi connectivity index (χ1v) is 9.72. The summed E-state index contributed by atoms with van der Waals surface area (Å²) in [4.78, 5) is 0.615. The van der Waals surface area contributed by atoms with Crippen LogP contribution in [0.4, 0.5) is 5.69 Å². The van der Waals surface area contributed by atoms with Crippen LogP contribution in [-0.4, -0.2) is 14.1 Å². The summed E-state index contributed by atoms with van der Waals surface area (Å²) in [6, 6.07) is 13.9. The van der Waals surface area contributed by atoms with E-state index < -0.39 is 9.84 Å². The Balaban J connectivity index is 1.78. The van der Waals surface area contributed by atoms with E-state index in [0.717, 1.165) is 29.8 Å². The average Bonchev–Trinajstić information content (AvgIpc) is 2.54. The van der Waals surface area contributed by atoms with Crippen molar-refractivity contribution in [3.8, 4) is 0 Å². The van der Waals surface area contributed by atoms with Gasteiger partial charge in [0.15, 0.2) is 0 Å². The summed E-state index contributed by atoms with van der Waals surface area (Å²) in [6.07, 6.45) is 3.30. The molecule has 0 radical (unpaired) electrons. The molecule has 3 rings (SSSR count). The number of hydrazone groups is 1. The molecule has 5 heteroatoms. The number of rotatable bonds is 5. The minimum absolute atomic E-state index is 0.293. The molecule has 0 aliphatic heterocycles. The van der Waals surface area contributed by atoms with E-state index in [2.05, 4.69) is 24.4 Å². The second-order valence-electron chi connectivity index (χ2n) is 6.39. The molecule has 0 heterocycles. The van der Waals surface area contributed by atoms with Gasteiger partial charge in [-0.25, -0.2) is 8.42 Å². The normalized spacial score (nSPS) is 14.4. The highest BCUT2D eigenvalue weighted by molar-refractivity contribution is 7.91. The Bertz CT molecular complexity index is 830. The molecule has 2 aromatic carbocycles. The van der Waals surface area contributed by atoms with Gasteiger partial charge in [-0.05, 0) is 67.1 Å². The summed E-state index contributed by atoms with van der Waals surface area (Å²) in [5.41, 5.74) is 6.07. The van der Waals surface area contributed by atoms with Crippen LogP contribution in [0.2, 0.25) is 0 Å². The van der Waals surface area contributed by atoms with Gasteiger partial charge < -0.3 is 0 Å². The van der Waals surface area contributed by atoms with Crippen molar-refractivity contribution in [3.63, 3.8) is 0 Å². The third-order valence-corrected chi connectivity index (χ3v) is 6.08. The first kappa shape index (κ1) is 16.7. The highest BCUT2D eigenvalue weighted by Crippen LogP contribution is 2.24. The van der Waals surface area contributed by atoms with Crippen molar-refractivity contribution in [2.45, 2.75) is 48.8 Å². The molecule has 0 saturated heterocycles. The molecule has 1 fully saturated rings. The predicted octanol–water partition coefficient (Wildman–Crippen LogP) is 4.59. The van der Waals surface area contributed by atoms with Gasteiger partial charge in [0, 0.05) is 5.71 Å². The lowest BCUT2D eigenvalue weighted by Crippen LogP contribution is -2.11. The van der Waals surface area contributed by atoms with Crippen LogP contribution in [0.1, 0.15) is 44.6 Å². The van der Waals surface area contributed by atoms with E-state index in [1.54, 1.807) is 36.4 Å². The fourth-order valence-electron chi connectivity index (χ4n) is 2.47.